The number of aromatic carboxylic acids is 3. The number of carboxylic acids is 3. The highest BCUT2D eigenvalue weighted by molar-refractivity contribution is 6.09. The van der Waals surface area contributed by atoms with Crippen molar-refractivity contribution in [2.75, 3.05) is 0 Å². The van der Waals surface area contributed by atoms with Crippen molar-refractivity contribution >= 4 is 23.9 Å². The summed E-state index contributed by atoms with van der Waals surface area (Å²) in [5.74, 6) is -6.90. The van der Waals surface area contributed by atoms with Gasteiger partial charge < -0.3 is 15.3 Å². The molecule has 0 aliphatic rings. The van der Waals surface area contributed by atoms with E-state index in [-0.39, 0.29) is 0 Å². The molecule has 100 valence electrons. The zero-order valence-electron chi connectivity index (χ0n) is 8.92. The van der Waals surface area contributed by atoms with E-state index in [0.29, 0.717) is 12.1 Å². The summed E-state index contributed by atoms with van der Waals surface area (Å²) in [5.41, 5.74) is -3.50. The molecule has 0 atom stereocenters. The van der Waals surface area contributed by atoms with E-state index >= 15 is 0 Å². The molecule has 0 aromatic heterocycles. The summed E-state index contributed by atoms with van der Waals surface area (Å²) in [7, 11) is 0. The molecule has 0 saturated carbocycles. The summed E-state index contributed by atoms with van der Waals surface area (Å²) in [4.78, 5) is 46.3. The molecule has 0 fully saturated rings. The van der Waals surface area contributed by atoms with Gasteiger partial charge in [-0.3, -0.25) is 0 Å². The van der Waals surface area contributed by atoms with Crippen molar-refractivity contribution in [1.29, 1.82) is 0 Å². The molecule has 0 spiro atoms. The summed E-state index contributed by atoms with van der Waals surface area (Å²) in [5, 5.41) is 26.3. The Bertz CT molecular complexity index is 591. The Hall–Kier alpha value is -2.97. The largest absolute Gasteiger partial charge is 0.478 e. The van der Waals surface area contributed by atoms with Gasteiger partial charge in [-0.05, 0) is 12.1 Å². The normalized spacial score (nSPS) is 9.74. The minimum absolute atomic E-state index is 0.428. The SMILES string of the molecule is O=C(O)c1cc(C(=O)O)c(C(=O)OF)cc1C(=O)O. The predicted octanol–water partition coefficient (Wildman–Crippen LogP) is 0.823. The number of rotatable bonds is 4. The van der Waals surface area contributed by atoms with Crippen LogP contribution in [0, 0.1) is 0 Å². The number of hydrogen-bond donors (Lipinski definition) is 3. The van der Waals surface area contributed by atoms with Gasteiger partial charge in [0.25, 0.3) is 0 Å². The fraction of sp³-hybridized carbons (Fsp3) is 0. The Balaban J connectivity index is 3.69. The third-order valence-electron chi connectivity index (χ3n) is 2.14. The molecule has 0 bridgehead atoms. The Kier molecular flexibility index (Phi) is 3.80. The van der Waals surface area contributed by atoms with Crippen LogP contribution >= 0.6 is 0 Å². The highest BCUT2D eigenvalue weighted by atomic mass is 19.3. The molecule has 1 aromatic carbocycles. The Morgan fingerprint density at radius 1 is 0.789 bits per heavy atom. The van der Waals surface area contributed by atoms with Gasteiger partial charge >= 0.3 is 23.9 Å². The second kappa shape index (κ2) is 5.12. The minimum Gasteiger partial charge on any atom is -0.478 e. The van der Waals surface area contributed by atoms with Gasteiger partial charge in [0.2, 0.25) is 0 Å². The van der Waals surface area contributed by atoms with Gasteiger partial charge in [-0.15, -0.1) is 0 Å². The number of carbonyl (C=O) groups is 4. The fourth-order valence-electron chi connectivity index (χ4n) is 1.34. The lowest BCUT2D eigenvalue weighted by Gasteiger charge is -2.07. The van der Waals surface area contributed by atoms with Crippen LogP contribution in [0.2, 0.25) is 0 Å². The van der Waals surface area contributed by atoms with Crippen LogP contribution in [0.25, 0.3) is 0 Å². The monoisotopic (exact) mass is 272 g/mol. The maximum absolute atomic E-state index is 11.8. The van der Waals surface area contributed by atoms with Gasteiger partial charge in [-0.2, -0.15) is 0 Å². The summed E-state index contributed by atoms with van der Waals surface area (Å²) >= 11 is 0. The summed E-state index contributed by atoms with van der Waals surface area (Å²) in [6, 6.07) is 0.873. The molecule has 1 rings (SSSR count). The van der Waals surface area contributed by atoms with E-state index in [0.717, 1.165) is 0 Å². The lowest BCUT2D eigenvalue weighted by Crippen LogP contribution is -2.16. The molecular formula is C10H5FO8. The topological polar surface area (TPSA) is 138 Å². The Morgan fingerprint density at radius 2 is 1.11 bits per heavy atom. The van der Waals surface area contributed by atoms with E-state index in [9.17, 15) is 23.7 Å². The van der Waals surface area contributed by atoms with Crippen LogP contribution in [-0.4, -0.2) is 39.2 Å². The van der Waals surface area contributed by atoms with Crippen molar-refractivity contribution in [2.45, 2.75) is 0 Å². The summed E-state index contributed by atoms with van der Waals surface area (Å²) in [6.07, 6.45) is 0. The minimum atomic E-state index is -1.74. The van der Waals surface area contributed by atoms with E-state index in [4.69, 9.17) is 15.3 Å². The number of carbonyl (C=O) groups excluding carboxylic acids is 1. The van der Waals surface area contributed by atoms with E-state index in [2.05, 4.69) is 4.94 Å². The smallest absolute Gasteiger partial charge is 0.380 e. The van der Waals surface area contributed by atoms with Crippen molar-refractivity contribution in [2.24, 2.45) is 0 Å². The number of hydrogen-bond acceptors (Lipinski definition) is 5. The van der Waals surface area contributed by atoms with Gasteiger partial charge in [-0.25, -0.2) is 24.1 Å². The number of carboxylic acid groups (broad SMARTS) is 3. The third kappa shape index (κ3) is 2.65. The van der Waals surface area contributed by atoms with E-state index in [1.165, 1.54) is 0 Å². The molecule has 0 heterocycles. The van der Waals surface area contributed by atoms with Crippen LogP contribution in [0.4, 0.5) is 4.53 Å². The molecule has 9 heteroatoms. The van der Waals surface area contributed by atoms with Crippen molar-refractivity contribution in [1.82, 2.24) is 0 Å². The van der Waals surface area contributed by atoms with Crippen LogP contribution < -0.4 is 0 Å². The predicted molar refractivity (Wildman–Crippen MR) is 53.8 cm³/mol. The lowest BCUT2D eigenvalue weighted by atomic mass is 9.98. The van der Waals surface area contributed by atoms with Gasteiger partial charge in [0.1, 0.15) is 0 Å². The third-order valence-corrected chi connectivity index (χ3v) is 2.14. The van der Waals surface area contributed by atoms with E-state index < -0.39 is 46.1 Å². The van der Waals surface area contributed by atoms with E-state index in [1.54, 1.807) is 0 Å². The van der Waals surface area contributed by atoms with Crippen molar-refractivity contribution in [3.05, 3.63) is 34.4 Å². The standard InChI is InChI=1S/C10H5FO8/c11-19-10(18)6-2-4(8(14)15)3(7(12)13)1-5(6)9(16)17/h1-2H,(H,12,13)(H,14,15)(H,16,17). The number of halogens is 1. The van der Waals surface area contributed by atoms with Crippen LogP contribution in [0.3, 0.4) is 0 Å². The molecule has 0 amide bonds. The highest BCUT2D eigenvalue weighted by Gasteiger charge is 2.26. The molecule has 1 aromatic rings. The molecule has 0 aliphatic carbocycles. The first-order chi connectivity index (χ1) is 8.79. The second-order valence-electron chi connectivity index (χ2n) is 3.22. The Labute approximate surface area is 103 Å². The maximum atomic E-state index is 11.8. The van der Waals surface area contributed by atoms with Crippen LogP contribution in [0.5, 0.6) is 0 Å². The number of benzene rings is 1. The maximum Gasteiger partial charge on any atom is 0.380 e. The zero-order chi connectivity index (χ0) is 14.7. The molecule has 0 aliphatic heterocycles. The van der Waals surface area contributed by atoms with E-state index in [1.807, 2.05) is 0 Å². The molecule has 19 heavy (non-hydrogen) atoms. The average Bonchev–Trinajstić information content (AvgIpc) is 2.35. The van der Waals surface area contributed by atoms with Crippen molar-refractivity contribution < 1.29 is 44.0 Å². The van der Waals surface area contributed by atoms with Crippen molar-refractivity contribution in [3.8, 4) is 0 Å². The van der Waals surface area contributed by atoms with Crippen LogP contribution in [0.15, 0.2) is 12.1 Å². The molecule has 0 unspecified atom stereocenters. The first-order valence-electron chi connectivity index (χ1n) is 4.50. The first kappa shape index (κ1) is 14.1. The van der Waals surface area contributed by atoms with Crippen LogP contribution in [-0.2, 0) is 4.94 Å². The average molecular weight is 272 g/mol. The van der Waals surface area contributed by atoms with Gasteiger partial charge in [0.15, 0.2) is 0 Å². The Morgan fingerprint density at radius 3 is 1.42 bits per heavy atom. The van der Waals surface area contributed by atoms with Crippen molar-refractivity contribution in [3.63, 3.8) is 0 Å². The van der Waals surface area contributed by atoms with Gasteiger partial charge in [-0.1, -0.05) is 0 Å². The zero-order valence-corrected chi connectivity index (χ0v) is 8.92. The quantitative estimate of drug-likeness (QED) is 0.732. The molecular weight excluding hydrogens is 267 g/mol. The lowest BCUT2D eigenvalue weighted by molar-refractivity contribution is -0.0789. The van der Waals surface area contributed by atoms with Gasteiger partial charge in [0, 0.05) is 4.53 Å². The fourth-order valence-corrected chi connectivity index (χ4v) is 1.34. The second-order valence-corrected chi connectivity index (χ2v) is 3.22. The molecule has 0 saturated heterocycles. The summed E-state index contributed by atoms with van der Waals surface area (Å²) < 4.78 is 11.8. The highest BCUT2D eigenvalue weighted by Crippen LogP contribution is 2.19. The summed E-state index contributed by atoms with van der Waals surface area (Å²) in [6.45, 7) is 0. The first-order valence-corrected chi connectivity index (χ1v) is 4.50. The van der Waals surface area contributed by atoms with Gasteiger partial charge in [0.05, 0.1) is 22.3 Å². The van der Waals surface area contributed by atoms with Crippen LogP contribution in [0.1, 0.15) is 41.4 Å². The molecule has 0 radical (unpaired) electrons. The molecule has 8 nitrogen and oxygen atoms in total. The molecule has 3 N–H and O–H groups in total.